The third kappa shape index (κ3) is 3.17. The Bertz CT molecular complexity index is 643. The van der Waals surface area contributed by atoms with Crippen LogP contribution in [0.15, 0.2) is 17.6 Å². The van der Waals surface area contributed by atoms with E-state index in [0.717, 1.165) is 19.3 Å². The molecular weight excluding hydrogens is 318 g/mol. The first-order chi connectivity index (χ1) is 10.9. The molecule has 23 heavy (non-hydrogen) atoms. The standard InChI is InChI=1S/C15H25N3O4S/c1-11(2)17-8-15(16-10-17)23(20,21)18-6-7-22-9-13(18)12-4-3-5-14(12)19/h8,10-14,19H,3-7,9H2,1-2H3/t12-,13+,14+/m0/s1. The van der Waals surface area contributed by atoms with Crippen LogP contribution in [0, 0.1) is 5.92 Å². The predicted octanol–water partition coefficient (Wildman–Crippen LogP) is 1.01. The van der Waals surface area contributed by atoms with Gasteiger partial charge in [-0.2, -0.15) is 4.31 Å². The fourth-order valence-corrected chi connectivity index (χ4v) is 5.08. The Kier molecular flexibility index (Phi) is 4.78. The van der Waals surface area contributed by atoms with Gasteiger partial charge in [-0.15, -0.1) is 0 Å². The van der Waals surface area contributed by atoms with Gasteiger partial charge in [0.2, 0.25) is 0 Å². The lowest BCUT2D eigenvalue weighted by atomic mass is 9.96. The van der Waals surface area contributed by atoms with Crippen LogP contribution in [0.2, 0.25) is 0 Å². The molecule has 7 nitrogen and oxygen atoms in total. The predicted molar refractivity (Wildman–Crippen MR) is 84.5 cm³/mol. The van der Waals surface area contributed by atoms with Crippen molar-refractivity contribution < 1.29 is 18.3 Å². The number of imidazole rings is 1. The van der Waals surface area contributed by atoms with Gasteiger partial charge in [0.1, 0.15) is 0 Å². The zero-order chi connectivity index (χ0) is 16.6. The van der Waals surface area contributed by atoms with Crippen LogP contribution >= 0.6 is 0 Å². The van der Waals surface area contributed by atoms with E-state index in [1.807, 2.05) is 13.8 Å². The summed E-state index contributed by atoms with van der Waals surface area (Å²) < 4.78 is 34.8. The molecule has 1 saturated heterocycles. The summed E-state index contributed by atoms with van der Waals surface area (Å²) in [6, 6.07) is -0.154. The number of aliphatic hydroxyl groups excluding tert-OH is 1. The fourth-order valence-electron chi connectivity index (χ4n) is 3.51. The highest BCUT2D eigenvalue weighted by Crippen LogP contribution is 2.34. The molecule has 3 rings (SSSR count). The van der Waals surface area contributed by atoms with Gasteiger partial charge >= 0.3 is 0 Å². The highest BCUT2D eigenvalue weighted by molar-refractivity contribution is 7.89. The number of aliphatic hydroxyl groups is 1. The molecule has 130 valence electrons. The molecule has 1 aromatic rings. The topological polar surface area (TPSA) is 84.7 Å². The van der Waals surface area contributed by atoms with Crippen molar-refractivity contribution in [2.24, 2.45) is 5.92 Å². The van der Waals surface area contributed by atoms with Crippen LogP contribution in [0.25, 0.3) is 0 Å². The van der Waals surface area contributed by atoms with E-state index in [-0.39, 0.29) is 23.0 Å². The Morgan fingerprint density at radius 2 is 2.17 bits per heavy atom. The molecule has 2 aliphatic rings. The Hall–Kier alpha value is -0.960. The maximum atomic E-state index is 13.0. The summed E-state index contributed by atoms with van der Waals surface area (Å²) >= 11 is 0. The van der Waals surface area contributed by atoms with Crippen LogP contribution < -0.4 is 0 Å². The molecular formula is C15H25N3O4S. The van der Waals surface area contributed by atoms with Gasteiger partial charge in [-0.3, -0.25) is 0 Å². The molecule has 0 spiro atoms. The van der Waals surface area contributed by atoms with E-state index in [4.69, 9.17) is 4.74 Å². The SMILES string of the molecule is CC(C)n1cnc(S(=O)(=O)N2CCOC[C@@H]2[C@@H]2CCC[C@H]2O)c1. The fraction of sp³-hybridized carbons (Fsp3) is 0.800. The smallest absolute Gasteiger partial charge is 0.262 e. The lowest BCUT2D eigenvalue weighted by Gasteiger charge is -2.38. The summed E-state index contributed by atoms with van der Waals surface area (Å²) in [7, 11) is -3.67. The molecule has 8 heteroatoms. The highest BCUT2D eigenvalue weighted by atomic mass is 32.2. The van der Waals surface area contributed by atoms with Crippen molar-refractivity contribution in [3.8, 4) is 0 Å². The zero-order valence-corrected chi connectivity index (χ0v) is 14.4. The van der Waals surface area contributed by atoms with E-state index in [0.29, 0.717) is 19.8 Å². The molecule has 0 radical (unpaired) electrons. The van der Waals surface area contributed by atoms with Gasteiger partial charge < -0.3 is 14.4 Å². The van der Waals surface area contributed by atoms with Crippen LogP contribution in [0.3, 0.4) is 0 Å². The minimum absolute atomic E-state index is 0.0581. The molecule has 3 atom stereocenters. The summed E-state index contributed by atoms with van der Waals surface area (Å²) in [5, 5.41) is 10.2. The number of nitrogens with zero attached hydrogens (tertiary/aromatic N) is 3. The lowest BCUT2D eigenvalue weighted by molar-refractivity contribution is -0.0148. The summed E-state index contributed by atoms with van der Waals surface area (Å²) in [5.41, 5.74) is 0. The van der Waals surface area contributed by atoms with Crippen molar-refractivity contribution in [2.75, 3.05) is 19.8 Å². The first-order valence-corrected chi connectivity index (χ1v) is 9.66. The first kappa shape index (κ1) is 16.9. The normalized spacial score (nSPS) is 30.2. The van der Waals surface area contributed by atoms with E-state index in [9.17, 15) is 13.5 Å². The average Bonchev–Trinajstić information content (AvgIpc) is 3.16. The van der Waals surface area contributed by atoms with Crippen molar-refractivity contribution in [2.45, 2.75) is 56.3 Å². The van der Waals surface area contributed by atoms with Gasteiger partial charge in [0.25, 0.3) is 10.0 Å². The van der Waals surface area contributed by atoms with Gasteiger partial charge in [-0.25, -0.2) is 13.4 Å². The number of hydrogen-bond donors (Lipinski definition) is 1. The summed E-state index contributed by atoms with van der Waals surface area (Å²) in [6.45, 7) is 4.98. The maximum Gasteiger partial charge on any atom is 0.262 e. The number of ether oxygens (including phenoxy) is 1. The molecule has 0 unspecified atom stereocenters. The average molecular weight is 343 g/mol. The van der Waals surface area contributed by atoms with Crippen molar-refractivity contribution in [3.05, 3.63) is 12.5 Å². The number of aromatic nitrogens is 2. The Balaban J connectivity index is 1.89. The number of rotatable bonds is 4. The van der Waals surface area contributed by atoms with Crippen molar-refractivity contribution >= 4 is 10.0 Å². The minimum atomic E-state index is -3.67. The monoisotopic (exact) mass is 343 g/mol. The summed E-state index contributed by atoms with van der Waals surface area (Å²) in [4.78, 5) is 4.09. The number of morpholine rings is 1. The van der Waals surface area contributed by atoms with Gasteiger partial charge in [0.05, 0.1) is 31.7 Å². The van der Waals surface area contributed by atoms with Gasteiger partial charge in [-0.1, -0.05) is 6.42 Å². The summed E-state index contributed by atoms with van der Waals surface area (Å²) in [6.07, 6.45) is 5.18. The molecule has 1 N–H and O–H groups in total. The van der Waals surface area contributed by atoms with Crippen molar-refractivity contribution in [1.82, 2.24) is 13.9 Å². The lowest BCUT2D eigenvalue weighted by Crippen LogP contribution is -2.53. The zero-order valence-electron chi connectivity index (χ0n) is 13.6. The van der Waals surface area contributed by atoms with Crippen molar-refractivity contribution in [1.29, 1.82) is 0 Å². The molecule has 1 aliphatic carbocycles. The number of hydrogen-bond acceptors (Lipinski definition) is 5. The molecule has 0 aromatic carbocycles. The van der Waals surface area contributed by atoms with Crippen LogP contribution in [0.5, 0.6) is 0 Å². The minimum Gasteiger partial charge on any atom is -0.393 e. The van der Waals surface area contributed by atoms with E-state index in [2.05, 4.69) is 4.98 Å². The summed E-state index contributed by atoms with van der Waals surface area (Å²) in [5.74, 6) is -0.0581. The van der Waals surface area contributed by atoms with Gasteiger partial charge in [0.15, 0.2) is 5.03 Å². The van der Waals surface area contributed by atoms with E-state index in [1.54, 1.807) is 17.1 Å². The van der Waals surface area contributed by atoms with Crippen molar-refractivity contribution in [3.63, 3.8) is 0 Å². The molecule has 1 aliphatic heterocycles. The third-order valence-electron chi connectivity index (χ3n) is 4.89. The molecule has 0 amide bonds. The van der Waals surface area contributed by atoms with Crippen LogP contribution in [0.4, 0.5) is 0 Å². The third-order valence-corrected chi connectivity index (χ3v) is 6.70. The first-order valence-electron chi connectivity index (χ1n) is 8.22. The van der Waals surface area contributed by atoms with Crippen LogP contribution in [-0.4, -0.2) is 59.3 Å². The Morgan fingerprint density at radius 3 is 2.78 bits per heavy atom. The second kappa shape index (κ2) is 6.51. The quantitative estimate of drug-likeness (QED) is 0.882. The molecule has 1 saturated carbocycles. The number of sulfonamides is 1. The Labute approximate surface area is 137 Å². The Morgan fingerprint density at radius 1 is 1.39 bits per heavy atom. The van der Waals surface area contributed by atoms with E-state index >= 15 is 0 Å². The largest absolute Gasteiger partial charge is 0.393 e. The van der Waals surface area contributed by atoms with Crippen LogP contribution in [-0.2, 0) is 14.8 Å². The van der Waals surface area contributed by atoms with Crippen LogP contribution in [0.1, 0.15) is 39.2 Å². The van der Waals surface area contributed by atoms with E-state index < -0.39 is 16.1 Å². The second-order valence-corrected chi connectivity index (χ2v) is 8.51. The molecule has 1 aromatic heterocycles. The maximum absolute atomic E-state index is 13.0. The second-order valence-electron chi connectivity index (χ2n) is 6.67. The van der Waals surface area contributed by atoms with Gasteiger partial charge in [0, 0.05) is 24.7 Å². The molecule has 2 fully saturated rings. The molecule has 2 heterocycles. The highest BCUT2D eigenvalue weighted by Gasteiger charge is 2.43. The molecule has 0 bridgehead atoms. The van der Waals surface area contributed by atoms with Gasteiger partial charge in [-0.05, 0) is 26.7 Å². The van der Waals surface area contributed by atoms with E-state index in [1.165, 1.54) is 4.31 Å².